The van der Waals surface area contributed by atoms with Crippen LogP contribution in [0.15, 0.2) is 59.4 Å². The number of carbonyl (C=O) groups is 1. The minimum Gasteiger partial charge on any atom is -0.497 e. The Morgan fingerprint density at radius 2 is 1.83 bits per heavy atom. The topological polar surface area (TPSA) is 82.5 Å². The highest BCUT2D eigenvalue weighted by Crippen LogP contribution is 2.24. The number of aromatic nitrogens is 2. The van der Waals surface area contributed by atoms with Crippen molar-refractivity contribution in [2.45, 2.75) is 6.54 Å². The summed E-state index contributed by atoms with van der Waals surface area (Å²) in [6.45, 7) is 0.454. The van der Waals surface area contributed by atoms with Gasteiger partial charge in [0.15, 0.2) is 0 Å². The minimum atomic E-state index is -0.314. The van der Waals surface area contributed by atoms with Crippen LogP contribution in [0.1, 0.15) is 10.4 Å². The number of amides is 1. The molecule has 0 aliphatic heterocycles. The highest BCUT2D eigenvalue weighted by atomic mass is 35.5. The lowest BCUT2D eigenvalue weighted by atomic mass is 10.1. The molecule has 0 bridgehead atoms. The second-order valence-corrected chi connectivity index (χ2v) is 6.55. The SMILES string of the molecule is COc1ccc(C(=O)NCCn2nc(-c3ccc(Cl)cc3)ccc2=O)c(OC)c1. The molecule has 0 radical (unpaired) electrons. The second-order valence-electron chi connectivity index (χ2n) is 6.11. The third kappa shape index (κ3) is 4.94. The number of halogens is 1. The number of rotatable bonds is 7. The van der Waals surface area contributed by atoms with Crippen LogP contribution in [0, 0.1) is 0 Å². The smallest absolute Gasteiger partial charge is 0.266 e. The molecule has 0 atom stereocenters. The number of ether oxygens (including phenoxy) is 2. The van der Waals surface area contributed by atoms with Gasteiger partial charge in [-0.15, -0.1) is 0 Å². The summed E-state index contributed by atoms with van der Waals surface area (Å²) in [5.41, 5.74) is 1.61. The van der Waals surface area contributed by atoms with Crippen molar-refractivity contribution in [3.63, 3.8) is 0 Å². The van der Waals surface area contributed by atoms with Gasteiger partial charge in [0.25, 0.3) is 11.5 Å². The first kappa shape index (κ1) is 20.4. The van der Waals surface area contributed by atoms with E-state index in [0.29, 0.717) is 27.8 Å². The van der Waals surface area contributed by atoms with Crippen molar-refractivity contribution in [3.8, 4) is 22.8 Å². The third-order valence-corrected chi connectivity index (χ3v) is 4.52. The predicted octanol–water partition coefficient (Wildman–Crippen LogP) is 3.01. The Morgan fingerprint density at radius 3 is 2.52 bits per heavy atom. The van der Waals surface area contributed by atoms with Gasteiger partial charge in [-0.1, -0.05) is 23.7 Å². The molecule has 1 aromatic heterocycles. The van der Waals surface area contributed by atoms with E-state index in [2.05, 4.69) is 10.4 Å². The lowest BCUT2D eigenvalue weighted by Gasteiger charge is -2.11. The molecule has 0 saturated carbocycles. The van der Waals surface area contributed by atoms with Gasteiger partial charge in [0.2, 0.25) is 0 Å². The van der Waals surface area contributed by atoms with E-state index in [4.69, 9.17) is 21.1 Å². The first-order valence-corrected chi connectivity index (χ1v) is 9.24. The van der Waals surface area contributed by atoms with Gasteiger partial charge in [-0.05, 0) is 30.3 Å². The molecule has 0 saturated heterocycles. The Hall–Kier alpha value is -3.32. The van der Waals surface area contributed by atoms with Gasteiger partial charge in [-0.25, -0.2) is 4.68 Å². The number of carbonyl (C=O) groups excluding carboxylic acids is 1. The van der Waals surface area contributed by atoms with Crippen molar-refractivity contribution in [2.75, 3.05) is 20.8 Å². The van der Waals surface area contributed by atoms with Gasteiger partial charge in [0.05, 0.1) is 32.0 Å². The number of nitrogens with zero attached hydrogens (tertiary/aromatic N) is 2. The molecular formula is C21H20ClN3O4. The summed E-state index contributed by atoms with van der Waals surface area (Å²) in [4.78, 5) is 24.6. The Labute approximate surface area is 172 Å². The summed E-state index contributed by atoms with van der Waals surface area (Å²) in [6.07, 6.45) is 0. The zero-order valence-corrected chi connectivity index (χ0v) is 16.8. The lowest BCUT2D eigenvalue weighted by molar-refractivity contribution is 0.0948. The van der Waals surface area contributed by atoms with Crippen LogP contribution in [0.25, 0.3) is 11.3 Å². The van der Waals surface area contributed by atoms with Crippen LogP contribution in [-0.4, -0.2) is 36.5 Å². The average molecular weight is 414 g/mol. The van der Waals surface area contributed by atoms with Gasteiger partial charge in [0.1, 0.15) is 11.5 Å². The first-order valence-electron chi connectivity index (χ1n) is 8.86. The van der Waals surface area contributed by atoms with Crippen molar-refractivity contribution in [3.05, 3.63) is 75.5 Å². The number of hydrogen-bond acceptors (Lipinski definition) is 5. The van der Waals surface area contributed by atoms with Crippen LogP contribution in [0.4, 0.5) is 0 Å². The normalized spacial score (nSPS) is 10.4. The number of nitrogens with one attached hydrogen (secondary N) is 1. The highest BCUT2D eigenvalue weighted by Gasteiger charge is 2.13. The Bertz CT molecular complexity index is 1060. The number of hydrogen-bond donors (Lipinski definition) is 1. The van der Waals surface area contributed by atoms with Crippen LogP contribution in [0.5, 0.6) is 11.5 Å². The summed E-state index contributed by atoms with van der Waals surface area (Å²) < 4.78 is 11.7. The largest absolute Gasteiger partial charge is 0.497 e. The molecule has 3 aromatic rings. The van der Waals surface area contributed by atoms with Crippen LogP contribution in [-0.2, 0) is 6.54 Å². The highest BCUT2D eigenvalue weighted by molar-refractivity contribution is 6.30. The molecule has 8 heteroatoms. The fourth-order valence-electron chi connectivity index (χ4n) is 2.74. The Morgan fingerprint density at radius 1 is 1.07 bits per heavy atom. The molecule has 7 nitrogen and oxygen atoms in total. The van der Waals surface area contributed by atoms with E-state index < -0.39 is 0 Å². The van der Waals surface area contributed by atoms with Crippen LogP contribution in [0.2, 0.25) is 5.02 Å². The summed E-state index contributed by atoms with van der Waals surface area (Å²) in [7, 11) is 3.02. The average Bonchev–Trinajstić information content (AvgIpc) is 2.75. The maximum atomic E-state index is 12.5. The monoisotopic (exact) mass is 413 g/mol. The fraction of sp³-hybridized carbons (Fsp3) is 0.190. The molecule has 0 aliphatic rings. The second kappa shape index (κ2) is 9.25. The van der Waals surface area contributed by atoms with Crippen molar-refractivity contribution in [2.24, 2.45) is 0 Å². The summed E-state index contributed by atoms with van der Waals surface area (Å²) >= 11 is 5.91. The molecule has 29 heavy (non-hydrogen) atoms. The van der Waals surface area contributed by atoms with Gasteiger partial charge in [-0.3, -0.25) is 9.59 Å². The lowest BCUT2D eigenvalue weighted by Crippen LogP contribution is -2.32. The van der Waals surface area contributed by atoms with Gasteiger partial charge in [0, 0.05) is 29.3 Å². The van der Waals surface area contributed by atoms with E-state index in [1.54, 1.807) is 36.4 Å². The zero-order valence-electron chi connectivity index (χ0n) is 16.0. The van der Waals surface area contributed by atoms with E-state index in [9.17, 15) is 9.59 Å². The molecule has 3 rings (SSSR count). The molecule has 0 fully saturated rings. The van der Waals surface area contributed by atoms with E-state index >= 15 is 0 Å². The maximum absolute atomic E-state index is 12.5. The Balaban J connectivity index is 1.69. The molecule has 0 spiro atoms. The molecule has 1 amide bonds. The Kier molecular flexibility index (Phi) is 6.51. The first-order chi connectivity index (χ1) is 14.0. The van der Waals surface area contributed by atoms with Crippen molar-refractivity contribution in [1.82, 2.24) is 15.1 Å². The molecular weight excluding hydrogens is 394 g/mol. The standard InChI is InChI=1S/C21H20ClN3O4/c1-28-16-7-8-17(19(13-16)29-2)21(27)23-11-12-25-20(26)10-9-18(24-25)14-3-5-15(22)6-4-14/h3-10,13H,11-12H2,1-2H3,(H,23,27). The summed E-state index contributed by atoms with van der Waals surface area (Å²) in [6, 6.07) is 15.2. The van der Waals surface area contributed by atoms with E-state index in [1.807, 2.05) is 12.1 Å². The zero-order chi connectivity index (χ0) is 20.8. The van der Waals surface area contributed by atoms with Gasteiger partial charge >= 0.3 is 0 Å². The molecule has 0 aliphatic carbocycles. The van der Waals surface area contributed by atoms with Crippen molar-refractivity contribution in [1.29, 1.82) is 0 Å². The van der Waals surface area contributed by atoms with E-state index in [0.717, 1.165) is 5.56 Å². The molecule has 2 aromatic carbocycles. The van der Waals surface area contributed by atoms with E-state index in [1.165, 1.54) is 25.0 Å². The number of benzene rings is 2. The van der Waals surface area contributed by atoms with Crippen molar-refractivity contribution >= 4 is 17.5 Å². The third-order valence-electron chi connectivity index (χ3n) is 4.27. The van der Waals surface area contributed by atoms with Gasteiger partial charge < -0.3 is 14.8 Å². The minimum absolute atomic E-state index is 0.227. The quantitative estimate of drug-likeness (QED) is 0.643. The van der Waals surface area contributed by atoms with Gasteiger partial charge in [-0.2, -0.15) is 5.10 Å². The van der Waals surface area contributed by atoms with Crippen molar-refractivity contribution < 1.29 is 14.3 Å². The van der Waals surface area contributed by atoms with Crippen LogP contribution >= 0.6 is 11.6 Å². The molecule has 0 unspecified atom stereocenters. The number of methoxy groups -OCH3 is 2. The molecule has 1 N–H and O–H groups in total. The summed E-state index contributed by atoms with van der Waals surface area (Å²) in [5, 5.41) is 7.77. The van der Waals surface area contributed by atoms with Crippen LogP contribution in [0.3, 0.4) is 0 Å². The van der Waals surface area contributed by atoms with E-state index in [-0.39, 0.29) is 24.6 Å². The summed E-state index contributed by atoms with van der Waals surface area (Å²) in [5.74, 6) is 0.682. The molecule has 1 heterocycles. The predicted molar refractivity (Wildman–Crippen MR) is 111 cm³/mol. The molecule has 150 valence electrons. The van der Waals surface area contributed by atoms with Crippen LogP contribution < -0.4 is 20.3 Å². The fourth-order valence-corrected chi connectivity index (χ4v) is 2.87. The maximum Gasteiger partial charge on any atom is 0.266 e.